The molecule has 2 rings (SSSR count). The van der Waals surface area contributed by atoms with E-state index in [4.69, 9.17) is 17.3 Å². The van der Waals surface area contributed by atoms with E-state index >= 15 is 0 Å². The molecule has 0 amide bonds. The van der Waals surface area contributed by atoms with Gasteiger partial charge in [0.2, 0.25) is 0 Å². The highest BCUT2D eigenvalue weighted by Gasteiger charge is 2.08. The summed E-state index contributed by atoms with van der Waals surface area (Å²) in [6, 6.07) is 14.3. The van der Waals surface area contributed by atoms with E-state index < -0.39 is 0 Å². The molecule has 0 saturated carbocycles. The molecule has 1 atom stereocenters. The average Bonchev–Trinajstić information content (AvgIpc) is 2.27. The summed E-state index contributed by atoms with van der Waals surface area (Å²) < 4.78 is 0. The Labute approximate surface area is 114 Å². The van der Waals surface area contributed by atoms with Gasteiger partial charge in [-0.3, -0.25) is 0 Å². The zero-order valence-corrected chi connectivity index (χ0v) is 11.5. The van der Waals surface area contributed by atoms with Crippen LogP contribution in [0, 0.1) is 13.8 Å². The molecule has 0 aliphatic rings. The summed E-state index contributed by atoms with van der Waals surface area (Å²) in [6.07, 6.45) is 0.836. The van der Waals surface area contributed by atoms with Crippen LogP contribution in [0.5, 0.6) is 0 Å². The first kappa shape index (κ1) is 13.1. The maximum atomic E-state index is 6.24. The summed E-state index contributed by atoms with van der Waals surface area (Å²) in [5, 5.41) is 0.739. The van der Waals surface area contributed by atoms with Crippen molar-refractivity contribution in [3.05, 3.63) is 69.7 Å². The molecule has 0 saturated heterocycles. The number of hydrogen-bond acceptors (Lipinski definition) is 1. The molecule has 2 heteroatoms. The summed E-state index contributed by atoms with van der Waals surface area (Å²) in [6.45, 7) is 4.23. The summed E-state index contributed by atoms with van der Waals surface area (Å²) in [7, 11) is 0. The lowest BCUT2D eigenvalue weighted by Gasteiger charge is -2.13. The van der Waals surface area contributed by atoms with Gasteiger partial charge in [0.15, 0.2) is 0 Å². The molecule has 94 valence electrons. The number of hydrogen-bond donors (Lipinski definition) is 1. The van der Waals surface area contributed by atoms with Crippen molar-refractivity contribution in [2.75, 3.05) is 0 Å². The van der Waals surface area contributed by atoms with Gasteiger partial charge < -0.3 is 5.73 Å². The molecule has 18 heavy (non-hydrogen) atoms. The molecule has 1 unspecified atom stereocenters. The second-order valence-electron chi connectivity index (χ2n) is 4.86. The van der Waals surface area contributed by atoms with Crippen LogP contribution in [0.25, 0.3) is 0 Å². The summed E-state index contributed by atoms with van der Waals surface area (Å²) in [5.41, 5.74) is 11.2. The lowest BCUT2D eigenvalue weighted by atomic mass is 9.97. The van der Waals surface area contributed by atoms with Gasteiger partial charge in [-0.2, -0.15) is 0 Å². The molecule has 0 aliphatic heterocycles. The summed E-state index contributed by atoms with van der Waals surface area (Å²) in [4.78, 5) is 0. The van der Waals surface area contributed by atoms with Gasteiger partial charge >= 0.3 is 0 Å². The van der Waals surface area contributed by atoms with Gasteiger partial charge in [0.1, 0.15) is 0 Å². The second-order valence-corrected chi connectivity index (χ2v) is 5.30. The van der Waals surface area contributed by atoms with Crippen LogP contribution in [-0.4, -0.2) is 0 Å². The number of rotatable bonds is 3. The Morgan fingerprint density at radius 3 is 2.33 bits per heavy atom. The van der Waals surface area contributed by atoms with Crippen LogP contribution in [0.4, 0.5) is 0 Å². The van der Waals surface area contributed by atoms with Crippen LogP contribution >= 0.6 is 11.6 Å². The van der Waals surface area contributed by atoms with E-state index in [0.717, 1.165) is 17.0 Å². The largest absolute Gasteiger partial charge is 0.324 e. The van der Waals surface area contributed by atoms with Gasteiger partial charge in [-0.15, -0.1) is 0 Å². The van der Waals surface area contributed by atoms with E-state index in [9.17, 15) is 0 Å². The molecule has 0 spiro atoms. The first-order valence-electron chi connectivity index (χ1n) is 6.13. The zero-order chi connectivity index (χ0) is 13.1. The highest BCUT2D eigenvalue weighted by Crippen LogP contribution is 2.20. The van der Waals surface area contributed by atoms with Gasteiger partial charge in [-0.1, -0.05) is 53.1 Å². The Balaban J connectivity index is 2.18. The minimum atomic E-state index is -0.00935. The average molecular weight is 260 g/mol. The molecular weight excluding hydrogens is 242 g/mol. The lowest BCUT2D eigenvalue weighted by molar-refractivity contribution is 0.721. The third kappa shape index (κ3) is 3.34. The highest BCUT2D eigenvalue weighted by molar-refractivity contribution is 6.30. The Hall–Kier alpha value is -1.31. The number of nitrogens with two attached hydrogens (primary N) is 1. The van der Waals surface area contributed by atoms with Crippen LogP contribution in [0.3, 0.4) is 0 Å². The maximum absolute atomic E-state index is 6.24. The molecule has 2 aromatic rings. The lowest BCUT2D eigenvalue weighted by Crippen LogP contribution is -2.13. The van der Waals surface area contributed by atoms with Crippen molar-refractivity contribution in [1.29, 1.82) is 0 Å². The minimum Gasteiger partial charge on any atom is -0.324 e. The molecule has 0 radical (unpaired) electrons. The van der Waals surface area contributed by atoms with Gasteiger partial charge in [0, 0.05) is 11.1 Å². The quantitative estimate of drug-likeness (QED) is 0.878. The van der Waals surface area contributed by atoms with Crippen molar-refractivity contribution in [1.82, 2.24) is 0 Å². The molecule has 0 bridgehead atoms. The predicted molar refractivity (Wildman–Crippen MR) is 78.0 cm³/mol. The van der Waals surface area contributed by atoms with Crippen molar-refractivity contribution in [2.45, 2.75) is 26.3 Å². The molecule has 1 nitrogen and oxygen atoms in total. The Bertz CT molecular complexity index is 528. The topological polar surface area (TPSA) is 26.0 Å². The van der Waals surface area contributed by atoms with E-state index in [1.165, 1.54) is 16.7 Å². The molecule has 0 aliphatic carbocycles. The van der Waals surface area contributed by atoms with Crippen LogP contribution in [0.1, 0.15) is 28.3 Å². The molecular formula is C16H18ClN. The molecule has 2 aromatic carbocycles. The second kappa shape index (κ2) is 5.55. The minimum absolute atomic E-state index is 0.00935. The van der Waals surface area contributed by atoms with E-state index in [-0.39, 0.29) is 6.04 Å². The Morgan fingerprint density at radius 2 is 1.72 bits per heavy atom. The molecule has 0 heterocycles. The van der Waals surface area contributed by atoms with Crippen molar-refractivity contribution >= 4 is 11.6 Å². The van der Waals surface area contributed by atoms with Crippen molar-refractivity contribution in [3.8, 4) is 0 Å². The van der Waals surface area contributed by atoms with Gasteiger partial charge in [0.25, 0.3) is 0 Å². The van der Waals surface area contributed by atoms with Crippen molar-refractivity contribution < 1.29 is 0 Å². The standard InChI is InChI=1S/C16H18ClN/c1-11-6-12(2)8-13(7-11)9-16(18)14-4-3-5-15(17)10-14/h3-8,10,16H,9,18H2,1-2H3. The van der Waals surface area contributed by atoms with Crippen LogP contribution in [-0.2, 0) is 6.42 Å². The van der Waals surface area contributed by atoms with Crippen LogP contribution in [0.15, 0.2) is 42.5 Å². The predicted octanol–water partition coefficient (Wildman–Crippen LogP) is 4.20. The van der Waals surface area contributed by atoms with Crippen molar-refractivity contribution in [2.24, 2.45) is 5.73 Å². The SMILES string of the molecule is Cc1cc(C)cc(CC(N)c2cccc(Cl)c2)c1. The number of aryl methyl sites for hydroxylation is 2. The van der Waals surface area contributed by atoms with Gasteiger partial charge in [-0.25, -0.2) is 0 Å². The van der Waals surface area contributed by atoms with E-state index in [2.05, 4.69) is 32.0 Å². The number of benzene rings is 2. The third-order valence-electron chi connectivity index (χ3n) is 3.01. The van der Waals surface area contributed by atoms with Crippen molar-refractivity contribution in [3.63, 3.8) is 0 Å². The Kier molecular flexibility index (Phi) is 4.05. The summed E-state index contributed by atoms with van der Waals surface area (Å²) in [5.74, 6) is 0. The first-order chi connectivity index (χ1) is 8.54. The smallest absolute Gasteiger partial charge is 0.0409 e. The zero-order valence-electron chi connectivity index (χ0n) is 10.8. The number of halogens is 1. The monoisotopic (exact) mass is 259 g/mol. The van der Waals surface area contributed by atoms with Crippen LogP contribution in [0.2, 0.25) is 5.02 Å². The fraction of sp³-hybridized carbons (Fsp3) is 0.250. The van der Waals surface area contributed by atoms with Crippen LogP contribution < -0.4 is 5.73 Å². The fourth-order valence-corrected chi connectivity index (χ4v) is 2.49. The van der Waals surface area contributed by atoms with E-state index in [1.54, 1.807) is 0 Å². The van der Waals surface area contributed by atoms with Gasteiger partial charge in [0.05, 0.1) is 0 Å². The maximum Gasteiger partial charge on any atom is 0.0409 e. The summed E-state index contributed by atoms with van der Waals surface area (Å²) >= 11 is 5.99. The molecule has 0 fully saturated rings. The Morgan fingerprint density at radius 1 is 1.06 bits per heavy atom. The molecule has 0 aromatic heterocycles. The fourth-order valence-electron chi connectivity index (χ4n) is 2.30. The molecule has 2 N–H and O–H groups in total. The normalized spacial score (nSPS) is 12.4. The van der Waals surface area contributed by atoms with E-state index in [0.29, 0.717) is 0 Å². The third-order valence-corrected chi connectivity index (χ3v) is 3.25. The van der Waals surface area contributed by atoms with E-state index in [1.807, 2.05) is 24.3 Å². The van der Waals surface area contributed by atoms with Gasteiger partial charge in [-0.05, 0) is 43.5 Å². The first-order valence-corrected chi connectivity index (χ1v) is 6.50. The highest BCUT2D eigenvalue weighted by atomic mass is 35.5.